The third-order valence-electron chi connectivity index (χ3n) is 6.76. The van der Waals surface area contributed by atoms with Gasteiger partial charge < -0.3 is 15.6 Å². The average molecular weight is 513 g/mol. The zero-order valence-corrected chi connectivity index (χ0v) is 21.9. The summed E-state index contributed by atoms with van der Waals surface area (Å²) in [7, 11) is 0. The molecule has 1 amide bonds. The maximum absolute atomic E-state index is 12.8. The molecule has 1 heterocycles. The summed E-state index contributed by atoms with van der Waals surface area (Å²) in [6, 6.07) is 28.6. The van der Waals surface area contributed by atoms with Gasteiger partial charge in [-0.15, -0.1) is 12.4 Å². The molecule has 0 radical (unpaired) electrons. The highest BCUT2D eigenvalue weighted by Crippen LogP contribution is 2.24. The lowest BCUT2D eigenvalue weighted by molar-refractivity contribution is 0.102. The maximum atomic E-state index is 12.8. The number of rotatable bonds is 9. The Morgan fingerprint density at radius 1 is 0.865 bits per heavy atom. The van der Waals surface area contributed by atoms with E-state index in [1.54, 1.807) is 0 Å². The van der Waals surface area contributed by atoms with Crippen LogP contribution in [0.25, 0.3) is 21.8 Å². The first-order valence-corrected chi connectivity index (χ1v) is 12.7. The molecule has 5 rings (SSSR count). The monoisotopic (exact) mass is 512 g/mol. The number of nitrogens with one attached hydrogen (secondary N) is 1. The Hall–Kier alpha value is -3.83. The minimum atomic E-state index is -0.127. The summed E-state index contributed by atoms with van der Waals surface area (Å²) in [6.45, 7) is 2.94. The number of carbonyl (C=O) groups excluding carboxylic acids is 1. The number of nitrogens with two attached hydrogens (primary N) is 1. The maximum Gasteiger partial charge on any atom is 0.255 e. The number of unbranched alkanes of at least 4 members (excludes halogenated alkanes) is 2. The van der Waals surface area contributed by atoms with Gasteiger partial charge in [-0.1, -0.05) is 74.4 Å². The van der Waals surface area contributed by atoms with Gasteiger partial charge in [-0.25, -0.2) is 4.98 Å². The van der Waals surface area contributed by atoms with Crippen molar-refractivity contribution < 1.29 is 4.79 Å². The number of nitrogens with zero attached hydrogens (tertiary/aromatic N) is 2. The van der Waals surface area contributed by atoms with Gasteiger partial charge in [0.15, 0.2) is 0 Å². The number of hydrogen-bond donors (Lipinski definition) is 2. The summed E-state index contributed by atoms with van der Waals surface area (Å²) >= 11 is 0. The van der Waals surface area contributed by atoms with Crippen molar-refractivity contribution in [2.45, 2.75) is 45.6 Å². The second-order valence-electron chi connectivity index (χ2n) is 9.36. The number of anilines is 2. The van der Waals surface area contributed by atoms with Gasteiger partial charge in [-0.3, -0.25) is 4.79 Å². The van der Waals surface area contributed by atoms with E-state index >= 15 is 0 Å². The van der Waals surface area contributed by atoms with Gasteiger partial charge in [0.1, 0.15) is 0 Å². The van der Waals surface area contributed by atoms with E-state index in [9.17, 15) is 4.79 Å². The van der Waals surface area contributed by atoms with Crippen molar-refractivity contribution in [2.75, 3.05) is 11.1 Å². The second kappa shape index (κ2) is 11.9. The molecule has 37 heavy (non-hydrogen) atoms. The molecule has 0 spiro atoms. The van der Waals surface area contributed by atoms with E-state index < -0.39 is 0 Å². The SMILES string of the molecule is CCCCCc1ccc(C(=O)Nc2ccc3c(c2)nc(N)n3CCc2ccc3ccccc3c2)cc1.Cl. The van der Waals surface area contributed by atoms with E-state index in [0.29, 0.717) is 17.2 Å². The Labute approximate surface area is 224 Å². The van der Waals surface area contributed by atoms with Crippen LogP contribution >= 0.6 is 12.4 Å². The highest BCUT2D eigenvalue weighted by atomic mass is 35.5. The number of fused-ring (bicyclic) bond motifs is 2. The molecule has 6 heteroatoms. The first-order valence-electron chi connectivity index (χ1n) is 12.7. The summed E-state index contributed by atoms with van der Waals surface area (Å²) in [4.78, 5) is 17.3. The molecule has 0 atom stereocenters. The number of nitrogen functional groups attached to an aromatic ring is 1. The lowest BCUT2D eigenvalue weighted by Crippen LogP contribution is -2.11. The summed E-state index contributed by atoms with van der Waals surface area (Å²) in [5.74, 6) is 0.353. The van der Waals surface area contributed by atoms with Gasteiger partial charge in [0.2, 0.25) is 5.95 Å². The molecule has 3 N–H and O–H groups in total. The second-order valence-corrected chi connectivity index (χ2v) is 9.36. The molecule has 5 nitrogen and oxygen atoms in total. The lowest BCUT2D eigenvalue weighted by Gasteiger charge is -2.09. The van der Waals surface area contributed by atoms with Crippen LogP contribution in [0.2, 0.25) is 0 Å². The van der Waals surface area contributed by atoms with Crippen LogP contribution in [-0.2, 0) is 19.4 Å². The highest BCUT2D eigenvalue weighted by molar-refractivity contribution is 6.05. The molecular weight excluding hydrogens is 480 g/mol. The first-order chi connectivity index (χ1) is 17.6. The summed E-state index contributed by atoms with van der Waals surface area (Å²) in [5.41, 5.74) is 11.9. The van der Waals surface area contributed by atoms with Gasteiger partial charge in [0.05, 0.1) is 11.0 Å². The van der Waals surface area contributed by atoms with Crippen LogP contribution in [0.5, 0.6) is 0 Å². The Bertz CT molecular complexity index is 1510. The van der Waals surface area contributed by atoms with Crippen LogP contribution in [0.4, 0.5) is 11.6 Å². The van der Waals surface area contributed by atoms with Gasteiger partial charge in [-0.2, -0.15) is 0 Å². The van der Waals surface area contributed by atoms with E-state index in [1.165, 1.54) is 41.2 Å². The molecule has 0 saturated carbocycles. The van der Waals surface area contributed by atoms with E-state index in [2.05, 4.69) is 59.7 Å². The molecule has 4 aromatic carbocycles. The molecule has 5 aromatic rings. The Kier molecular flexibility index (Phi) is 8.47. The molecular formula is C31H33ClN4O. The smallest absolute Gasteiger partial charge is 0.255 e. The molecule has 0 fully saturated rings. The minimum absolute atomic E-state index is 0. The zero-order valence-electron chi connectivity index (χ0n) is 21.1. The van der Waals surface area contributed by atoms with Crippen molar-refractivity contribution in [2.24, 2.45) is 0 Å². The van der Waals surface area contributed by atoms with E-state index in [4.69, 9.17) is 5.73 Å². The van der Waals surface area contributed by atoms with E-state index in [0.717, 1.165) is 30.4 Å². The molecule has 1 aromatic heterocycles. The molecule has 190 valence electrons. The predicted octanol–water partition coefficient (Wildman–Crippen LogP) is 7.42. The first kappa shape index (κ1) is 26.2. The summed E-state index contributed by atoms with van der Waals surface area (Å²) in [5, 5.41) is 5.48. The molecule has 0 saturated heterocycles. The molecule has 0 aliphatic rings. The van der Waals surface area contributed by atoms with Gasteiger partial charge in [-0.05, 0) is 71.5 Å². The number of aryl methyl sites for hydroxylation is 3. The molecule has 0 unspecified atom stereocenters. The lowest BCUT2D eigenvalue weighted by atomic mass is 10.1. The quantitative estimate of drug-likeness (QED) is 0.202. The fourth-order valence-corrected chi connectivity index (χ4v) is 4.70. The van der Waals surface area contributed by atoms with Crippen LogP contribution < -0.4 is 11.1 Å². The van der Waals surface area contributed by atoms with Gasteiger partial charge in [0, 0.05) is 17.8 Å². The third kappa shape index (κ3) is 6.12. The van der Waals surface area contributed by atoms with Crippen molar-refractivity contribution in [3.63, 3.8) is 0 Å². The number of amides is 1. The Balaban J connectivity index is 0.00000320. The largest absolute Gasteiger partial charge is 0.369 e. The molecule has 0 bridgehead atoms. The average Bonchev–Trinajstić information content (AvgIpc) is 3.21. The van der Waals surface area contributed by atoms with Crippen LogP contribution in [0.3, 0.4) is 0 Å². The van der Waals surface area contributed by atoms with Gasteiger partial charge >= 0.3 is 0 Å². The fraction of sp³-hybridized carbons (Fsp3) is 0.226. The number of halogens is 1. The van der Waals surface area contributed by atoms with Gasteiger partial charge in [0.25, 0.3) is 5.91 Å². The van der Waals surface area contributed by atoms with Crippen molar-refractivity contribution in [1.82, 2.24) is 9.55 Å². The minimum Gasteiger partial charge on any atom is -0.369 e. The van der Waals surface area contributed by atoms with Crippen molar-refractivity contribution in [3.05, 3.63) is 102 Å². The van der Waals surface area contributed by atoms with E-state index in [-0.39, 0.29) is 18.3 Å². The number of benzene rings is 4. The Morgan fingerprint density at radius 3 is 2.41 bits per heavy atom. The van der Waals surface area contributed by atoms with E-state index in [1.807, 2.05) is 47.0 Å². The van der Waals surface area contributed by atoms with Crippen LogP contribution in [-0.4, -0.2) is 15.5 Å². The predicted molar refractivity (Wildman–Crippen MR) is 157 cm³/mol. The number of aromatic nitrogens is 2. The van der Waals surface area contributed by atoms with Crippen molar-refractivity contribution >= 4 is 51.8 Å². The van der Waals surface area contributed by atoms with Crippen molar-refractivity contribution in [3.8, 4) is 0 Å². The normalized spacial score (nSPS) is 10.9. The number of carbonyl (C=O) groups is 1. The highest BCUT2D eigenvalue weighted by Gasteiger charge is 2.12. The standard InChI is InChI=1S/C31H32N4O.ClH/c1-2-3-4-7-22-10-14-25(15-11-22)30(36)33-27-16-17-29-28(21-27)34-31(32)35(29)19-18-23-12-13-24-8-5-6-9-26(24)20-23;/h5-6,8-17,20-21H,2-4,7,18-19H2,1H3,(H2,32,34)(H,33,36);1H. The summed E-state index contributed by atoms with van der Waals surface area (Å²) < 4.78 is 2.04. The Morgan fingerprint density at radius 2 is 1.62 bits per heavy atom. The van der Waals surface area contributed by atoms with Crippen LogP contribution in [0, 0.1) is 0 Å². The third-order valence-corrected chi connectivity index (χ3v) is 6.76. The molecule has 0 aliphatic carbocycles. The summed E-state index contributed by atoms with van der Waals surface area (Å²) in [6.07, 6.45) is 5.53. The number of hydrogen-bond acceptors (Lipinski definition) is 3. The zero-order chi connectivity index (χ0) is 24.9. The topological polar surface area (TPSA) is 72.9 Å². The van der Waals surface area contributed by atoms with Crippen LogP contribution in [0.1, 0.15) is 47.7 Å². The van der Waals surface area contributed by atoms with Crippen LogP contribution in [0.15, 0.2) is 84.9 Å². The van der Waals surface area contributed by atoms with Crippen molar-refractivity contribution in [1.29, 1.82) is 0 Å². The molecule has 0 aliphatic heterocycles. The number of imidazole rings is 1. The fourth-order valence-electron chi connectivity index (χ4n) is 4.70.